The molecule has 10 heteroatoms. The molecule has 2 aromatic carbocycles. The van der Waals surface area contributed by atoms with Crippen LogP contribution in [0.25, 0.3) is 16.0 Å². The number of pyridine rings is 1. The van der Waals surface area contributed by atoms with Crippen LogP contribution in [0.3, 0.4) is 0 Å². The molecule has 2 aromatic heterocycles. The third-order valence-corrected chi connectivity index (χ3v) is 7.85. The van der Waals surface area contributed by atoms with Gasteiger partial charge >= 0.3 is 5.91 Å². The van der Waals surface area contributed by atoms with Gasteiger partial charge in [0.1, 0.15) is 17.6 Å². The van der Waals surface area contributed by atoms with Gasteiger partial charge in [0.05, 0.1) is 39.2 Å². The molecule has 5 rings (SSSR count). The second kappa shape index (κ2) is 9.69. The Balaban J connectivity index is 1.74. The number of halogens is 2. The summed E-state index contributed by atoms with van der Waals surface area (Å²) >= 11 is 13.8. The van der Waals surface area contributed by atoms with Crippen LogP contribution in [0.5, 0.6) is 5.75 Å². The number of aliphatic hydroxyl groups is 1. The highest BCUT2D eigenvalue weighted by atomic mass is 35.5. The van der Waals surface area contributed by atoms with E-state index in [1.54, 1.807) is 24.4 Å². The summed E-state index contributed by atoms with van der Waals surface area (Å²) in [6.45, 7) is 6.35. The standard InChI is InChI=1S/C28H23Cl2N3O4S/c1-28(2,3)14-8-9-18-20(11-14)38-27(32-18)33-22(19-7-5-6-10-31-19)21(24(35)26(33)36)23(34)16-12-15(29)13-17(30)25(16)37-4/h5-13,22,34H,1-4H3/b23-21+. The van der Waals surface area contributed by atoms with Gasteiger partial charge < -0.3 is 9.84 Å². The summed E-state index contributed by atoms with van der Waals surface area (Å²) in [5.41, 5.74) is 2.04. The molecule has 1 fully saturated rings. The number of fused-ring (bicyclic) bond motifs is 1. The molecule has 1 unspecified atom stereocenters. The average Bonchev–Trinajstić information content (AvgIpc) is 3.41. The topological polar surface area (TPSA) is 92.6 Å². The number of ether oxygens (including phenoxy) is 1. The number of Topliss-reactive ketones (excluding diaryl/α,β-unsaturated/α-hetero) is 1. The number of carbonyl (C=O) groups is 2. The van der Waals surface area contributed by atoms with E-state index >= 15 is 0 Å². The molecule has 1 aliphatic heterocycles. The minimum Gasteiger partial charge on any atom is -0.507 e. The fraction of sp³-hybridized carbons (Fsp3) is 0.214. The van der Waals surface area contributed by atoms with Crippen LogP contribution in [-0.2, 0) is 15.0 Å². The van der Waals surface area contributed by atoms with Crippen molar-refractivity contribution >= 4 is 67.3 Å². The zero-order chi connectivity index (χ0) is 27.4. The van der Waals surface area contributed by atoms with E-state index in [0.29, 0.717) is 16.3 Å². The molecule has 4 aromatic rings. The van der Waals surface area contributed by atoms with Gasteiger partial charge in [0.2, 0.25) is 0 Å². The minimum absolute atomic E-state index is 0.0761. The third-order valence-electron chi connectivity index (χ3n) is 6.33. The zero-order valence-corrected chi connectivity index (χ0v) is 23.3. The molecule has 7 nitrogen and oxygen atoms in total. The summed E-state index contributed by atoms with van der Waals surface area (Å²) in [7, 11) is 1.38. The molecule has 1 aliphatic rings. The Labute approximate surface area is 233 Å². The number of aliphatic hydroxyl groups excluding tert-OH is 1. The van der Waals surface area contributed by atoms with Gasteiger partial charge in [-0.2, -0.15) is 0 Å². The molecule has 1 N–H and O–H groups in total. The number of thiazole rings is 1. The Bertz CT molecular complexity index is 1630. The van der Waals surface area contributed by atoms with Crippen LogP contribution in [-0.4, -0.2) is 33.9 Å². The molecule has 1 amide bonds. The minimum atomic E-state index is -1.04. The Morgan fingerprint density at radius 3 is 2.53 bits per heavy atom. The zero-order valence-electron chi connectivity index (χ0n) is 21.0. The van der Waals surface area contributed by atoms with E-state index in [9.17, 15) is 14.7 Å². The van der Waals surface area contributed by atoms with Gasteiger partial charge in [0, 0.05) is 11.2 Å². The third kappa shape index (κ3) is 4.42. The lowest BCUT2D eigenvalue weighted by molar-refractivity contribution is -0.132. The predicted octanol–water partition coefficient (Wildman–Crippen LogP) is 6.93. The van der Waals surface area contributed by atoms with Crippen LogP contribution in [0.4, 0.5) is 5.13 Å². The second-order valence-corrected chi connectivity index (χ2v) is 11.7. The van der Waals surface area contributed by atoms with Crippen LogP contribution in [0, 0.1) is 0 Å². The van der Waals surface area contributed by atoms with Gasteiger partial charge in [-0.05, 0) is 47.4 Å². The highest BCUT2D eigenvalue weighted by Crippen LogP contribution is 2.46. The first-order valence-electron chi connectivity index (χ1n) is 11.7. The van der Waals surface area contributed by atoms with Crippen molar-refractivity contribution < 1.29 is 19.4 Å². The maximum Gasteiger partial charge on any atom is 0.301 e. The first-order valence-corrected chi connectivity index (χ1v) is 13.2. The Kier molecular flexibility index (Phi) is 6.67. The molecule has 0 saturated carbocycles. The predicted molar refractivity (Wildman–Crippen MR) is 150 cm³/mol. The van der Waals surface area contributed by atoms with Crippen molar-refractivity contribution in [3.63, 3.8) is 0 Å². The summed E-state index contributed by atoms with van der Waals surface area (Å²) in [5, 5.41) is 12.2. The maximum atomic E-state index is 13.5. The lowest BCUT2D eigenvalue weighted by atomic mass is 9.87. The Morgan fingerprint density at radius 2 is 1.87 bits per heavy atom. The molecule has 1 atom stereocenters. The summed E-state index contributed by atoms with van der Waals surface area (Å²) in [6.07, 6.45) is 1.56. The highest BCUT2D eigenvalue weighted by Gasteiger charge is 2.49. The van der Waals surface area contributed by atoms with Crippen molar-refractivity contribution in [1.82, 2.24) is 9.97 Å². The summed E-state index contributed by atoms with van der Waals surface area (Å²) in [6, 6.07) is 12.9. The van der Waals surface area contributed by atoms with E-state index in [-0.39, 0.29) is 32.3 Å². The van der Waals surface area contributed by atoms with E-state index in [2.05, 4.69) is 30.7 Å². The number of amides is 1. The number of methoxy groups -OCH3 is 1. The largest absolute Gasteiger partial charge is 0.507 e. The number of carbonyl (C=O) groups excluding carboxylic acids is 2. The first-order chi connectivity index (χ1) is 18.0. The molecule has 1 saturated heterocycles. The molecule has 0 radical (unpaired) electrons. The molecule has 0 spiro atoms. The maximum absolute atomic E-state index is 13.5. The molecular formula is C28H23Cl2N3O4S. The number of nitrogens with zero attached hydrogens (tertiary/aromatic N) is 3. The first kappa shape index (κ1) is 26.2. The van der Waals surface area contributed by atoms with Gasteiger partial charge in [0.15, 0.2) is 5.13 Å². The molecule has 38 heavy (non-hydrogen) atoms. The smallest absolute Gasteiger partial charge is 0.301 e. The number of benzene rings is 2. The number of anilines is 1. The van der Waals surface area contributed by atoms with Gasteiger partial charge in [0.25, 0.3) is 5.78 Å². The molecular weight excluding hydrogens is 545 g/mol. The Morgan fingerprint density at radius 1 is 1.11 bits per heavy atom. The van der Waals surface area contributed by atoms with Crippen molar-refractivity contribution in [1.29, 1.82) is 0 Å². The highest BCUT2D eigenvalue weighted by molar-refractivity contribution is 7.22. The molecule has 0 aliphatic carbocycles. The van der Waals surface area contributed by atoms with Crippen molar-refractivity contribution in [2.24, 2.45) is 0 Å². The molecule has 0 bridgehead atoms. The number of rotatable bonds is 4. The quantitative estimate of drug-likeness (QED) is 0.163. The summed E-state index contributed by atoms with van der Waals surface area (Å²) < 4.78 is 6.26. The fourth-order valence-corrected chi connectivity index (χ4v) is 6.02. The summed E-state index contributed by atoms with van der Waals surface area (Å²) in [4.78, 5) is 37.4. The van der Waals surface area contributed by atoms with Crippen molar-refractivity contribution in [2.45, 2.75) is 32.2 Å². The van der Waals surface area contributed by atoms with Crippen molar-refractivity contribution in [3.8, 4) is 5.75 Å². The van der Waals surface area contributed by atoms with Gasteiger partial charge in [-0.15, -0.1) is 0 Å². The number of hydrogen-bond donors (Lipinski definition) is 1. The van der Waals surface area contributed by atoms with Crippen LogP contribution < -0.4 is 9.64 Å². The lowest BCUT2D eigenvalue weighted by Gasteiger charge is -2.22. The number of aromatic nitrogens is 2. The van der Waals surface area contributed by atoms with Crippen LogP contribution in [0.1, 0.15) is 43.6 Å². The van der Waals surface area contributed by atoms with E-state index in [4.69, 9.17) is 27.9 Å². The number of hydrogen-bond acceptors (Lipinski definition) is 7. The van der Waals surface area contributed by atoms with Gasteiger partial charge in [-0.25, -0.2) is 4.98 Å². The van der Waals surface area contributed by atoms with Crippen LogP contribution >= 0.6 is 34.5 Å². The van der Waals surface area contributed by atoms with E-state index in [1.165, 1.54) is 35.5 Å². The van der Waals surface area contributed by atoms with E-state index in [1.807, 2.05) is 18.2 Å². The van der Waals surface area contributed by atoms with Gasteiger partial charge in [-0.3, -0.25) is 19.5 Å². The molecule has 194 valence electrons. The SMILES string of the molecule is COc1c(Cl)cc(Cl)cc1/C(O)=C1\C(=O)C(=O)N(c2nc3ccc(C(C)(C)C)cc3s2)C1c1ccccn1. The van der Waals surface area contributed by atoms with E-state index < -0.39 is 23.5 Å². The van der Waals surface area contributed by atoms with Crippen molar-refractivity contribution in [2.75, 3.05) is 12.0 Å². The lowest BCUT2D eigenvalue weighted by Crippen LogP contribution is -2.29. The monoisotopic (exact) mass is 567 g/mol. The molecule has 3 heterocycles. The summed E-state index contributed by atoms with van der Waals surface area (Å²) in [5.74, 6) is -2.07. The fourth-order valence-electron chi connectivity index (χ4n) is 4.42. The van der Waals surface area contributed by atoms with E-state index in [0.717, 1.165) is 10.3 Å². The Hall–Kier alpha value is -3.46. The normalized spacial score (nSPS) is 17.4. The number of ketones is 1. The second-order valence-electron chi connectivity index (χ2n) is 9.82. The average molecular weight is 568 g/mol. The van der Waals surface area contributed by atoms with Crippen molar-refractivity contribution in [3.05, 3.63) is 87.2 Å². The van der Waals surface area contributed by atoms with Crippen LogP contribution in [0.2, 0.25) is 10.0 Å². The van der Waals surface area contributed by atoms with Gasteiger partial charge in [-0.1, -0.05) is 67.4 Å². The van der Waals surface area contributed by atoms with Crippen LogP contribution in [0.15, 0.2) is 60.3 Å².